The monoisotopic (exact) mass is 250 g/mol. The fourth-order valence-corrected chi connectivity index (χ4v) is 2.35. The molecule has 0 bridgehead atoms. The van der Waals surface area contributed by atoms with Crippen molar-refractivity contribution in [1.29, 1.82) is 0 Å². The predicted molar refractivity (Wildman–Crippen MR) is 77.3 cm³/mol. The van der Waals surface area contributed by atoms with E-state index in [2.05, 4.69) is 50.3 Å². The Bertz CT molecular complexity index is 352. The van der Waals surface area contributed by atoms with Crippen molar-refractivity contribution in [2.24, 2.45) is 0 Å². The van der Waals surface area contributed by atoms with Gasteiger partial charge < -0.3 is 15.0 Å². The Morgan fingerprint density at radius 1 is 1.17 bits per heavy atom. The summed E-state index contributed by atoms with van der Waals surface area (Å²) in [4.78, 5) is 2.20. The minimum atomic E-state index is 0.441. The van der Waals surface area contributed by atoms with Crippen LogP contribution in [-0.2, 0) is 6.42 Å². The van der Waals surface area contributed by atoms with E-state index >= 15 is 0 Å². The summed E-state index contributed by atoms with van der Waals surface area (Å²) >= 11 is 0. The molecule has 1 rings (SSSR count). The van der Waals surface area contributed by atoms with E-state index in [1.54, 1.807) is 7.11 Å². The summed E-state index contributed by atoms with van der Waals surface area (Å²) in [7, 11) is 5.93. The Morgan fingerprint density at radius 2 is 1.83 bits per heavy atom. The number of benzene rings is 1. The van der Waals surface area contributed by atoms with Gasteiger partial charge in [0.05, 0.1) is 7.11 Å². The highest BCUT2D eigenvalue weighted by atomic mass is 16.5. The summed E-state index contributed by atoms with van der Waals surface area (Å²) in [5.74, 6) is 0.978. The van der Waals surface area contributed by atoms with Crippen LogP contribution in [0.2, 0.25) is 0 Å². The van der Waals surface area contributed by atoms with Crippen molar-refractivity contribution in [1.82, 2.24) is 10.2 Å². The van der Waals surface area contributed by atoms with E-state index in [0.717, 1.165) is 18.7 Å². The van der Waals surface area contributed by atoms with Gasteiger partial charge in [-0.05, 0) is 46.0 Å². The molecule has 1 N–H and O–H groups in total. The van der Waals surface area contributed by atoms with Crippen molar-refractivity contribution in [2.45, 2.75) is 32.4 Å². The first-order chi connectivity index (χ1) is 8.52. The Labute approximate surface area is 111 Å². The van der Waals surface area contributed by atoms with Crippen LogP contribution in [0.4, 0.5) is 0 Å². The topological polar surface area (TPSA) is 24.5 Å². The maximum atomic E-state index is 5.38. The third kappa shape index (κ3) is 5.07. The molecule has 1 aromatic carbocycles. The molecule has 0 saturated carbocycles. The van der Waals surface area contributed by atoms with E-state index in [1.807, 2.05) is 12.1 Å². The average molecular weight is 250 g/mol. The summed E-state index contributed by atoms with van der Waals surface area (Å²) in [6.45, 7) is 5.49. The zero-order chi connectivity index (χ0) is 13.5. The lowest BCUT2D eigenvalue weighted by Crippen LogP contribution is -2.41. The zero-order valence-corrected chi connectivity index (χ0v) is 12.2. The van der Waals surface area contributed by atoms with E-state index < -0.39 is 0 Å². The van der Waals surface area contributed by atoms with Crippen molar-refractivity contribution in [3.05, 3.63) is 29.8 Å². The van der Waals surface area contributed by atoms with Gasteiger partial charge in [0, 0.05) is 18.6 Å². The lowest BCUT2D eigenvalue weighted by atomic mass is 10.1. The van der Waals surface area contributed by atoms with Gasteiger partial charge in [-0.15, -0.1) is 0 Å². The molecule has 0 heterocycles. The van der Waals surface area contributed by atoms with Crippen LogP contribution in [0.15, 0.2) is 24.3 Å². The van der Waals surface area contributed by atoms with Crippen LogP contribution >= 0.6 is 0 Å². The first-order valence-electron chi connectivity index (χ1n) is 6.55. The maximum absolute atomic E-state index is 5.38. The lowest BCUT2D eigenvalue weighted by Gasteiger charge is -2.23. The van der Waals surface area contributed by atoms with Gasteiger partial charge in [0.25, 0.3) is 0 Å². The molecule has 0 radical (unpaired) electrons. The quantitative estimate of drug-likeness (QED) is 0.802. The highest BCUT2D eigenvalue weighted by Gasteiger charge is 2.11. The molecule has 18 heavy (non-hydrogen) atoms. The Morgan fingerprint density at radius 3 is 2.44 bits per heavy atom. The molecule has 0 aliphatic heterocycles. The lowest BCUT2D eigenvalue weighted by molar-refractivity contribution is 0.331. The molecular formula is C15H26N2O. The van der Waals surface area contributed by atoms with Crippen LogP contribution in [0.3, 0.4) is 0 Å². The highest BCUT2D eigenvalue weighted by molar-refractivity contribution is 5.33. The van der Waals surface area contributed by atoms with Crippen LogP contribution in [0, 0.1) is 0 Å². The van der Waals surface area contributed by atoms with Crippen molar-refractivity contribution >= 4 is 0 Å². The molecule has 3 nitrogen and oxygen atoms in total. The van der Waals surface area contributed by atoms with E-state index in [-0.39, 0.29) is 0 Å². The second-order valence-corrected chi connectivity index (χ2v) is 5.25. The number of hydrogen-bond donors (Lipinski definition) is 1. The zero-order valence-electron chi connectivity index (χ0n) is 12.2. The molecule has 0 amide bonds. The van der Waals surface area contributed by atoms with Crippen LogP contribution in [0.5, 0.6) is 5.75 Å². The highest BCUT2D eigenvalue weighted by Crippen LogP contribution is 2.18. The molecule has 0 spiro atoms. The first kappa shape index (κ1) is 15.0. The first-order valence-corrected chi connectivity index (χ1v) is 6.55. The minimum absolute atomic E-state index is 0.441. The van der Waals surface area contributed by atoms with Gasteiger partial charge in [0.1, 0.15) is 5.75 Å². The molecule has 0 saturated heterocycles. The van der Waals surface area contributed by atoms with Gasteiger partial charge in [-0.2, -0.15) is 0 Å². The van der Waals surface area contributed by atoms with Gasteiger partial charge >= 0.3 is 0 Å². The number of nitrogens with zero attached hydrogens (tertiary/aromatic N) is 1. The van der Waals surface area contributed by atoms with Crippen LogP contribution in [0.25, 0.3) is 0 Å². The molecular weight excluding hydrogens is 224 g/mol. The molecule has 0 aliphatic carbocycles. The predicted octanol–water partition coefficient (Wildman–Crippen LogP) is 2.17. The number of ether oxygens (including phenoxy) is 1. The summed E-state index contributed by atoms with van der Waals surface area (Å²) in [5.41, 5.74) is 1.26. The standard InChI is InChI=1S/C15H26N2O/c1-12(16-13(2)11-17(3)4)10-14-8-6-7-9-15(14)18-5/h6-9,12-13,16H,10-11H2,1-5H3. The summed E-state index contributed by atoms with van der Waals surface area (Å²) in [5, 5.41) is 3.61. The van der Waals surface area contributed by atoms with Crippen LogP contribution in [-0.4, -0.2) is 44.7 Å². The number of hydrogen-bond acceptors (Lipinski definition) is 3. The second kappa shape index (κ2) is 7.39. The van der Waals surface area contributed by atoms with E-state index in [1.165, 1.54) is 5.56 Å². The third-order valence-corrected chi connectivity index (χ3v) is 2.93. The normalized spacial score (nSPS) is 14.6. The van der Waals surface area contributed by atoms with Crippen molar-refractivity contribution in [3.63, 3.8) is 0 Å². The number of para-hydroxylation sites is 1. The van der Waals surface area contributed by atoms with E-state index in [4.69, 9.17) is 4.74 Å². The van der Waals surface area contributed by atoms with Crippen LogP contribution in [0.1, 0.15) is 19.4 Å². The number of likely N-dealkylation sites (N-methyl/N-ethyl adjacent to an activating group) is 1. The fourth-order valence-electron chi connectivity index (χ4n) is 2.35. The minimum Gasteiger partial charge on any atom is -0.496 e. The Hall–Kier alpha value is -1.06. The van der Waals surface area contributed by atoms with Gasteiger partial charge in [0.2, 0.25) is 0 Å². The molecule has 0 fully saturated rings. The molecule has 2 unspecified atom stereocenters. The second-order valence-electron chi connectivity index (χ2n) is 5.25. The maximum Gasteiger partial charge on any atom is 0.122 e. The summed E-state index contributed by atoms with van der Waals surface area (Å²) in [6.07, 6.45) is 0.988. The molecule has 1 aromatic rings. The van der Waals surface area contributed by atoms with Crippen molar-refractivity contribution in [3.8, 4) is 5.75 Å². The number of methoxy groups -OCH3 is 1. The van der Waals surface area contributed by atoms with E-state index in [9.17, 15) is 0 Å². The molecule has 0 aliphatic rings. The van der Waals surface area contributed by atoms with Crippen molar-refractivity contribution in [2.75, 3.05) is 27.7 Å². The summed E-state index contributed by atoms with van der Waals surface area (Å²) in [6, 6.07) is 9.16. The Kier molecular flexibility index (Phi) is 6.16. The van der Waals surface area contributed by atoms with Gasteiger partial charge in [0.15, 0.2) is 0 Å². The smallest absolute Gasteiger partial charge is 0.122 e. The average Bonchev–Trinajstić information content (AvgIpc) is 2.28. The number of rotatable bonds is 7. The van der Waals surface area contributed by atoms with Crippen molar-refractivity contribution < 1.29 is 4.74 Å². The summed E-state index contributed by atoms with van der Waals surface area (Å²) < 4.78 is 5.38. The molecule has 2 atom stereocenters. The van der Waals surface area contributed by atoms with Crippen LogP contribution < -0.4 is 10.1 Å². The molecule has 102 valence electrons. The third-order valence-electron chi connectivity index (χ3n) is 2.93. The SMILES string of the molecule is COc1ccccc1CC(C)NC(C)CN(C)C. The van der Waals surface area contributed by atoms with Gasteiger partial charge in [-0.1, -0.05) is 18.2 Å². The number of nitrogens with one attached hydrogen (secondary N) is 1. The van der Waals surface area contributed by atoms with E-state index in [0.29, 0.717) is 12.1 Å². The van der Waals surface area contributed by atoms with Gasteiger partial charge in [-0.3, -0.25) is 0 Å². The largest absolute Gasteiger partial charge is 0.496 e. The Balaban J connectivity index is 2.51. The van der Waals surface area contributed by atoms with Gasteiger partial charge in [-0.25, -0.2) is 0 Å². The fraction of sp³-hybridized carbons (Fsp3) is 0.600. The molecule has 3 heteroatoms. The molecule has 0 aromatic heterocycles.